The van der Waals surface area contributed by atoms with Gasteiger partial charge in [-0.05, 0) is 97.9 Å². The van der Waals surface area contributed by atoms with Crippen molar-refractivity contribution in [2.24, 2.45) is 0 Å². The lowest BCUT2D eigenvalue weighted by atomic mass is 10.1. The predicted molar refractivity (Wildman–Crippen MR) is 626 cm³/mol. The molecule has 3 aliphatic heterocycles. The Morgan fingerprint density at radius 2 is 0.453 bits per heavy atom. The van der Waals surface area contributed by atoms with Crippen molar-refractivity contribution in [2.75, 3.05) is 0 Å². The van der Waals surface area contributed by atoms with Gasteiger partial charge in [0.25, 0.3) is 0 Å². The third-order valence-electron chi connectivity index (χ3n) is 30.1. The van der Waals surface area contributed by atoms with Crippen molar-refractivity contribution < 1.29 is 22.5 Å². The summed E-state index contributed by atoms with van der Waals surface area (Å²) in [4.78, 5) is 44.6. The molecule has 21 heteroatoms. The van der Waals surface area contributed by atoms with Crippen molar-refractivity contribution >= 4 is 190 Å². The van der Waals surface area contributed by atoms with Gasteiger partial charge in [-0.2, -0.15) is 0 Å². The summed E-state index contributed by atoms with van der Waals surface area (Å²) >= 11 is 0. The maximum atomic E-state index is 16.6. The number of para-hydroxylation sites is 3. The van der Waals surface area contributed by atoms with Gasteiger partial charge in [-0.25, -0.2) is 44.9 Å². The molecule has 718 valence electrons. The van der Waals surface area contributed by atoms with E-state index in [0.29, 0.717) is 52.4 Å². The van der Waals surface area contributed by atoms with E-state index < -0.39 is 45.6 Å². The Morgan fingerprint density at radius 1 is 0.187 bits per heavy atom. The van der Waals surface area contributed by atoms with Crippen LogP contribution in [-0.2, 0) is 13.7 Å². The summed E-state index contributed by atoms with van der Waals surface area (Å²) in [6.07, 6.45) is 0. The zero-order valence-corrected chi connectivity index (χ0v) is 88.5. The van der Waals surface area contributed by atoms with E-state index in [1.54, 1.807) is 0 Å². The van der Waals surface area contributed by atoms with Crippen molar-refractivity contribution in [3.8, 4) is 108 Å². The average molecular weight is 2040 g/mol. The van der Waals surface area contributed by atoms with Crippen molar-refractivity contribution in [3.63, 3.8) is 0 Å². The molecule has 3 atom stereocenters. The van der Waals surface area contributed by atoms with Crippen LogP contribution in [0.5, 0.6) is 0 Å². The molecular formula is C129H95N10O5P3Si3. The maximum absolute atomic E-state index is 16.6. The third kappa shape index (κ3) is 15.6. The number of furan rings is 2. The highest BCUT2D eigenvalue weighted by atomic mass is 31.2. The quantitative estimate of drug-likeness (QED) is 0.0780. The summed E-state index contributed by atoms with van der Waals surface area (Å²) in [6, 6.07) is 158. The summed E-state index contributed by atoms with van der Waals surface area (Å²) in [5, 5.41) is 21.6. The first-order valence-electron chi connectivity index (χ1n) is 50.3. The standard InChI is InChI=1S/C47H35N4OPSi.2C41H30N3O2PSi/c1-54(2)43-28-27-34(47-49-45(32-17-7-3-8-18-32)48-46(50-47)33-19-9-4-10-20-33)29-41(43)53(52,36-23-13-6-14-24-36)42-31-40-38(30-44(42)54)37-25-15-16-26-39(37)51(40)35-21-11-5-12-22-35;1-48(2)37-21-13-12-20-35(37)47(45,30-18-10-5-11-19-30)36-26-34-32(25-38(36)48)31-23-22-29(24-33(31)46-34)41-43-39(27-14-6-3-7-15-27)42-40(44-41)28-16-8-4-9-17-28;1-48(2)37-23-22-29(41-43-39(27-14-6-3-7-15-27)42-40(44-41)28-16-8-4-9-17-28)24-35(37)47(45,30-18-10-5-11-19-30)36-26-34-32(25-38(36)48)31-20-12-13-21-33(31)46-34/h3-31H,1-2H3;2*3-26H,1-2H3. The highest BCUT2D eigenvalue weighted by molar-refractivity contribution is 7.88. The Balaban J connectivity index is 0.000000114. The average Bonchev–Trinajstić information content (AvgIpc) is 1.70. The minimum absolute atomic E-state index is 0.545. The van der Waals surface area contributed by atoms with Gasteiger partial charge in [-0.15, -0.1) is 0 Å². The van der Waals surface area contributed by atoms with Gasteiger partial charge in [-0.1, -0.05) is 440 Å². The Labute approximate surface area is 870 Å². The third-order valence-corrected chi connectivity index (χ3v) is 51.4. The van der Waals surface area contributed by atoms with Crippen LogP contribution in [0.25, 0.3) is 174 Å². The first kappa shape index (κ1) is 92.8. The van der Waals surface area contributed by atoms with Crippen LogP contribution in [0.4, 0.5) is 0 Å². The second kappa shape index (κ2) is 36.8. The minimum atomic E-state index is -3.42. The summed E-state index contributed by atoms with van der Waals surface area (Å²) in [6.45, 7) is 14.2. The molecule has 0 bridgehead atoms. The fraction of sp³-hybridized carbons (Fsp3) is 0.0465. The first-order valence-corrected chi connectivity index (χ1v) is 64.5. The number of rotatable bonds is 13. The first-order chi connectivity index (χ1) is 73.2. The molecule has 15 nitrogen and oxygen atoms in total. The van der Waals surface area contributed by atoms with Gasteiger partial charge in [0, 0.05) is 136 Å². The highest BCUT2D eigenvalue weighted by Crippen LogP contribution is 2.51. The number of nitrogens with zero attached hydrogens (tertiary/aromatic N) is 10. The lowest BCUT2D eigenvalue weighted by Crippen LogP contribution is -2.67. The molecule has 0 saturated heterocycles. The molecule has 0 amide bonds. The van der Waals surface area contributed by atoms with E-state index in [4.69, 9.17) is 53.7 Å². The molecule has 3 unspecified atom stereocenters. The molecule has 0 radical (unpaired) electrons. The monoisotopic (exact) mass is 2040 g/mol. The topological polar surface area (TPSA) is 198 Å². The molecule has 0 fully saturated rings. The summed E-state index contributed by atoms with van der Waals surface area (Å²) < 4.78 is 63.5. The highest BCUT2D eigenvalue weighted by Gasteiger charge is 2.51. The summed E-state index contributed by atoms with van der Waals surface area (Å²) in [5.41, 5.74) is 14.2. The van der Waals surface area contributed by atoms with Crippen LogP contribution in [-0.4, -0.2) is 73.6 Å². The van der Waals surface area contributed by atoms with Gasteiger partial charge in [0.2, 0.25) is 0 Å². The largest absolute Gasteiger partial charge is 0.456 e. The Morgan fingerprint density at radius 3 is 0.847 bits per heavy atom. The fourth-order valence-corrected chi connectivity index (χ4v) is 47.0. The van der Waals surface area contributed by atoms with Crippen LogP contribution in [0.3, 0.4) is 0 Å². The lowest BCUT2D eigenvalue weighted by Gasteiger charge is -2.38. The number of hydrogen-bond donors (Lipinski definition) is 0. The second-order valence-electron chi connectivity index (χ2n) is 40.0. The van der Waals surface area contributed by atoms with Gasteiger partial charge in [0.15, 0.2) is 73.8 Å². The van der Waals surface area contributed by atoms with Gasteiger partial charge in [-0.3, -0.25) is 0 Å². The second-order valence-corrected chi connectivity index (χ2v) is 61.1. The predicted octanol–water partition coefficient (Wildman–Crippen LogP) is 23.8. The van der Waals surface area contributed by atoms with E-state index >= 15 is 13.7 Å². The molecule has 25 aromatic rings. The number of fused-ring (bicyclic) bond motifs is 15. The molecule has 3 aliphatic rings. The maximum Gasteiger partial charge on any atom is 0.170 e. The van der Waals surface area contributed by atoms with E-state index in [0.717, 1.165) is 158 Å². The van der Waals surface area contributed by atoms with Crippen molar-refractivity contribution in [1.82, 2.24) is 49.4 Å². The van der Waals surface area contributed by atoms with Crippen LogP contribution < -0.4 is 78.9 Å². The van der Waals surface area contributed by atoms with Crippen molar-refractivity contribution in [2.45, 2.75) is 39.3 Å². The Hall–Kier alpha value is -17.0. The van der Waals surface area contributed by atoms with Crippen LogP contribution in [0.1, 0.15) is 0 Å². The molecule has 0 N–H and O–H groups in total. The van der Waals surface area contributed by atoms with Gasteiger partial charge in [0.1, 0.15) is 46.6 Å². The number of hydrogen-bond acceptors (Lipinski definition) is 14. The van der Waals surface area contributed by atoms with E-state index in [2.05, 4.69) is 202 Å². The normalized spacial score (nSPS) is 16.3. The van der Waals surface area contributed by atoms with Crippen LogP contribution in [0.2, 0.25) is 39.3 Å². The van der Waals surface area contributed by atoms with Gasteiger partial charge >= 0.3 is 0 Å². The van der Waals surface area contributed by atoms with Crippen LogP contribution in [0.15, 0.2) is 476 Å². The number of benzene rings is 19. The van der Waals surface area contributed by atoms with E-state index in [1.165, 1.54) is 41.9 Å². The molecule has 28 rings (SSSR count). The minimum Gasteiger partial charge on any atom is -0.456 e. The van der Waals surface area contributed by atoms with E-state index in [1.807, 2.05) is 309 Å². The molecule has 9 heterocycles. The van der Waals surface area contributed by atoms with E-state index in [9.17, 15) is 0 Å². The summed E-state index contributed by atoms with van der Waals surface area (Å²) in [5.74, 6) is 5.27. The fourth-order valence-electron chi connectivity index (χ4n) is 22.4. The van der Waals surface area contributed by atoms with Crippen LogP contribution in [0, 0.1) is 0 Å². The lowest BCUT2D eigenvalue weighted by molar-refractivity contribution is 0.591. The van der Waals surface area contributed by atoms with Crippen molar-refractivity contribution in [1.29, 1.82) is 0 Å². The molecule has 6 aromatic heterocycles. The molecule has 0 aliphatic carbocycles. The van der Waals surface area contributed by atoms with Crippen molar-refractivity contribution in [3.05, 3.63) is 467 Å². The molecular weight excluding hydrogens is 1950 g/mol. The zero-order valence-electron chi connectivity index (χ0n) is 82.8. The van der Waals surface area contributed by atoms with Crippen LogP contribution >= 0.6 is 21.4 Å². The van der Waals surface area contributed by atoms with E-state index in [-0.39, 0.29) is 0 Å². The smallest absolute Gasteiger partial charge is 0.170 e. The zero-order chi connectivity index (χ0) is 101. The molecule has 19 aromatic carbocycles. The molecule has 0 spiro atoms. The number of aromatic nitrogens is 10. The Bertz CT molecular complexity index is 9680. The SMILES string of the molecule is C[Si]1(C)c2ccc(-c3nc(-c4ccccc4)nc(-c4ccccc4)n3)cc2P(=O)(c2ccccc2)c2cc3c(cc21)c1ccccc1n3-c1ccccc1.C[Si]1(C)c2ccc(-c3nc(-c4ccccc4)nc(-c4ccccc4)n3)cc2P(=O)(c2ccccc2)c2cc3oc4ccccc4c3cc21.C[Si]1(C)c2ccccc2P(=O)(c2ccccc2)c2cc3oc4cc(-c5nc(-c6ccccc6)nc(-c6ccccc6)n5)ccc4c3cc21. The Kier molecular flexibility index (Phi) is 22.8. The summed E-state index contributed by atoms with van der Waals surface area (Å²) in [7, 11) is -16.9. The molecule has 0 saturated carbocycles. The van der Waals surface area contributed by atoms with Gasteiger partial charge < -0.3 is 27.1 Å². The molecule has 150 heavy (non-hydrogen) atoms. The van der Waals surface area contributed by atoms with Gasteiger partial charge in [0.05, 0.1) is 11.0 Å².